The fourth-order valence-corrected chi connectivity index (χ4v) is 5.11. The highest BCUT2D eigenvalue weighted by Gasteiger charge is 2.36. The predicted octanol–water partition coefficient (Wildman–Crippen LogP) is 1.86. The number of carbonyl (C=O) groups is 1. The van der Waals surface area contributed by atoms with E-state index in [-0.39, 0.29) is 29.7 Å². The molecule has 1 unspecified atom stereocenters. The Hall–Kier alpha value is -2.63. The van der Waals surface area contributed by atoms with Crippen molar-refractivity contribution in [2.24, 2.45) is 5.92 Å². The Kier molecular flexibility index (Phi) is 6.17. The molecule has 2 aromatic rings. The van der Waals surface area contributed by atoms with Crippen LogP contribution in [-0.4, -0.2) is 43.4 Å². The summed E-state index contributed by atoms with van der Waals surface area (Å²) in [6.07, 6.45) is 1.27. The Labute approximate surface area is 165 Å². The number of hydrogen-bond donors (Lipinski definition) is 1. The fourth-order valence-electron chi connectivity index (χ4n) is 3.29. The number of sulfonamides is 1. The molecule has 1 aliphatic rings. The van der Waals surface area contributed by atoms with E-state index in [1.165, 1.54) is 4.31 Å². The van der Waals surface area contributed by atoms with Crippen LogP contribution in [0.3, 0.4) is 0 Å². The zero-order valence-electron chi connectivity index (χ0n) is 15.9. The van der Waals surface area contributed by atoms with Crippen molar-refractivity contribution in [1.29, 1.82) is 0 Å². The third-order valence-electron chi connectivity index (χ3n) is 4.68. The molecule has 0 bridgehead atoms. The van der Waals surface area contributed by atoms with Crippen LogP contribution in [0.4, 0.5) is 0 Å². The number of piperidine rings is 1. The van der Waals surface area contributed by atoms with E-state index >= 15 is 0 Å². The Balaban J connectivity index is 1.61. The maximum atomic E-state index is 12.9. The molecule has 1 atom stereocenters. The first-order valence-electron chi connectivity index (χ1n) is 9.14. The third-order valence-corrected chi connectivity index (χ3v) is 6.79. The molecule has 1 saturated heterocycles. The molecule has 1 fully saturated rings. The van der Waals surface area contributed by atoms with Gasteiger partial charge in [0.15, 0.2) is 5.76 Å². The summed E-state index contributed by atoms with van der Waals surface area (Å²) in [4.78, 5) is 12.6. The van der Waals surface area contributed by atoms with Gasteiger partial charge in [-0.25, -0.2) is 8.42 Å². The summed E-state index contributed by atoms with van der Waals surface area (Å²) in [5.74, 6) is 5.58. The highest BCUT2D eigenvalue weighted by atomic mass is 32.2. The number of nitrogens with zero attached hydrogens (tertiary/aromatic N) is 2. The van der Waals surface area contributed by atoms with Crippen LogP contribution in [-0.2, 0) is 14.8 Å². The monoisotopic (exact) mass is 401 g/mol. The second-order valence-corrected chi connectivity index (χ2v) is 8.62. The summed E-state index contributed by atoms with van der Waals surface area (Å²) in [5, 5.41) is 6.52. The van der Waals surface area contributed by atoms with E-state index in [4.69, 9.17) is 4.52 Å². The van der Waals surface area contributed by atoms with Crippen molar-refractivity contribution in [2.45, 2.75) is 31.6 Å². The van der Waals surface area contributed by atoms with Gasteiger partial charge < -0.3 is 9.84 Å². The van der Waals surface area contributed by atoms with Gasteiger partial charge in [-0.2, -0.15) is 4.31 Å². The Morgan fingerprint density at radius 3 is 2.75 bits per heavy atom. The molecule has 8 heteroatoms. The van der Waals surface area contributed by atoms with Crippen LogP contribution >= 0.6 is 0 Å². The zero-order valence-corrected chi connectivity index (χ0v) is 16.8. The predicted molar refractivity (Wildman–Crippen MR) is 104 cm³/mol. The molecule has 7 nitrogen and oxygen atoms in total. The number of aromatic nitrogens is 1. The van der Waals surface area contributed by atoms with Crippen molar-refractivity contribution < 1.29 is 17.7 Å². The fraction of sp³-hybridized carbons (Fsp3) is 0.400. The minimum Gasteiger partial charge on any atom is -0.360 e. The molecule has 0 aliphatic carbocycles. The summed E-state index contributed by atoms with van der Waals surface area (Å²) in [7, 11) is -3.74. The molecule has 1 amide bonds. The minimum atomic E-state index is -3.74. The molecule has 148 valence electrons. The molecular formula is C20H23N3O4S. The smallest absolute Gasteiger partial charge is 0.248 e. The summed E-state index contributed by atoms with van der Waals surface area (Å²) >= 11 is 0. The molecule has 3 rings (SSSR count). The van der Waals surface area contributed by atoms with E-state index in [0.717, 1.165) is 5.56 Å². The van der Waals surface area contributed by atoms with Gasteiger partial charge in [-0.05, 0) is 38.8 Å². The lowest BCUT2D eigenvalue weighted by atomic mass is 9.99. The van der Waals surface area contributed by atoms with Gasteiger partial charge in [0.1, 0.15) is 10.6 Å². The number of nitrogens with one attached hydrogen (secondary N) is 1. The van der Waals surface area contributed by atoms with Gasteiger partial charge in [0.05, 0.1) is 12.5 Å². The van der Waals surface area contributed by atoms with E-state index in [1.807, 2.05) is 30.3 Å². The lowest BCUT2D eigenvalue weighted by Gasteiger charge is -2.30. The van der Waals surface area contributed by atoms with E-state index in [0.29, 0.717) is 25.1 Å². The average molecular weight is 401 g/mol. The molecule has 2 heterocycles. The molecule has 1 aromatic heterocycles. The Morgan fingerprint density at radius 2 is 2.07 bits per heavy atom. The van der Waals surface area contributed by atoms with Gasteiger partial charge >= 0.3 is 0 Å². The normalized spacial score (nSPS) is 17.6. The number of benzene rings is 1. The van der Waals surface area contributed by atoms with Gasteiger partial charge in [-0.1, -0.05) is 35.2 Å². The van der Waals surface area contributed by atoms with Gasteiger partial charge in [0.2, 0.25) is 15.9 Å². The summed E-state index contributed by atoms with van der Waals surface area (Å²) in [5.41, 5.74) is 1.21. The molecule has 0 radical (unpaired) electrons. The SMILES string of the molecule is Cc1noc(C)c1S(=O)(=O)N1CCCC(C(=O)NCC#Cc2ccccc2)C1. The quantitative estimate of drug-likeness (QED) is 0.790. The van der Waals surface area contributed by atoms with Crippen molar-refractivity contribution in [3.8, 4) is 11.8 Å². The summed E-state index contributed by atoms with van der Waals surface area (Å²) < 4.78 is 32.2. The van der Waals surface area contributed by atoms with Crippen molar-refractivity contribution in [1.82, 2.24) is 14.8 Å². The molecule has 1 aliphatic heterocycles. The van der Waals surface area contributed by atoms with Gasteiger partial charge in [0, 0.05) is 18.7 Å². The van der Waals surface area contributed by atoms with Crippen LogP contribution < -0.4 is 5.32 Å². The molecule has 0 saturated carbocycles. The molecule has 1 aromatic carbocycles. The van der Waals surface area contributed by atoms with Crippen LogP contribution in [0, 0.1) is 31.6 Å². The number of carbonyl (C=O) groups excluding carboxylic acids is 1. The van der Waals surface area contributed by atoms with Crippen LogP contribution in [0.15, 0.2) is 39.8 Å². The first-order chi connectivity index (χ1) is 13.4. The second kappa shape index (κ2) is 8.59. The number of hydrogen-bond acceptors (Lipinski definition) is 5. The van der Waals surface area contributed by atoms with Crippen molar-refractivity contribution in [3.05, 3.63) is 47.3 Å². The van der Waals surface area contributed by atoms with Gasteiger partial charge in [0.25, 0.3) is 0 Å². The lowest BCUT2D eigenvalue weighted by Crippen LogP contribution is -2.45. The Bertz CT molecular complexity index is 984. The molecule has 28 heavy (non-hydrogen) atoms. The topological polar surface area (TPSA) is 92.5 Å². The van der Waals surface area contributed by atoms with Crippen LogP contribution in [0.2, 0.25) is 0 Å². The lowest BCUT2D eigenvalue weighted by molar-refractivity contribution is -0.125. The maximum Gasteiger partial charge on any atom is 0.248 e. The van der Waals surface area contributed by atoms with Gasteiger partial charge in [-0.3, -0.25) is 4.79 Å². The largest absolute Gasteiger partial charge is 0.360 e. The van der Waals surface area contributed by atoms with Gasteiger partial charge in [-0.15, -0.1) is 0 Å². The number of amides is 1. The third kappa shape index (κ3) is 4.43. The average Bonchev–Trinajstić information content (AvgIpc) is 3.05. The Morgan fingerprint density at radius 1 is 1.32 bits per heavy atom. The highest BCUT2D eigenvalue weighted by molar-refractivity contribution is 7.89. The minimum absolute atomic E-state index is 0.0993. The van der Waals surface area contributed by atoms with E-state index in [9.17, 15) is 13.2 Å². The first kappa shape index (κ1) is 20.1. The maximum absolute atomic E-state index is 12.9. The molecular weight excluding hydrogens is 378 g/mol. The van der Waals surface area contributed by atoms with Crippen molar-refractivity contribution in [2.75, 3.05) is 19.6 Å². The highest BCUT2D eigenvalue weighted by Crippen LogP contribution is 2.27. The summed E-state index contributed by atoms with van der Waals surface area (Å²) in [6.45, 7) is 3.92. The van der Waals surface area contributed by atoms with Crippen LogP contribution in [0.25, 0.3) is 0 Å². The standard InChI is InChI=1S/C20H23N3O4S/c1-15-19(16(2)27-22-15)28(25,26)23-13-7-11-18(14-23)20(24)21-12-6-10-17-8-4-3-5-9-17/h3-5,8-9,18H,7,11-14H2,1-2H3,(H,21,24). The first-order valence-corrected chi connectivity index (χ1v) is 10.6. The molecule has 1 N–H and O–H groups in total. The van der Waals surface area contributed by atoms with Crippen LogP contribution in [0.1, 0.15) is 29.9 Å². The van der Waals surface area contributed by atoms with Crippen LogP contribution in [0.5, 0.6) is 0 Å². The van der Waals surface area contributed by atoms with E-state index in [2.05, 4.69) is 22.3 Å². The molecule has 0 spiro atoms. The zero-order chi connectivity index (χ0) is 20.1. The van der Waals surface area contributed by atoms with E-state index < -0.39 is 15.9 Å². The summed E-state index contributed by atoms with van der Waals surface area (Å²) in [6, 6.07) is 9.51. The van der Waals surface area contributed by atoms with E-state index in [1.54, 1.807) is 13.8 Å². The van der Waals surface area contributed by atoms with Crippen molar-refractivity contribution >= 4 is 15.9 Å². The number of aryl methyl sites for hydroxylation is 2. The number of rotatable bonds is 4. The second-order valence-electron chi connectivity index (χ2n) is 6.74. The van der Waals surface area contributed by atoms with Crippen molar-refractivity contribution in [3.63, 3.8) is 0 Å².